The molecular weight excluding hydrogens is 300 g/mol. The van der Waals surface area contributed by atoms with E-state index in [4.69, 9.17) is 9.47 Å². The van der Waals surface area contributed by atoms with Crippen LogP contribution in [-0.2, 0) is 9.53 Å². The van der Waals surface area contributed by atoms with E-state index in [9.17, 15) is 10.1 Å². The summed E-state index contributed by atoms with van der Waals surface area (Å²) >= 11 is 1.54. The van der Waals surface area contributed by atoms with Crippen molar-refractivity contribution in [3.63, 3.8) is 0 Å². The number of thioether (sulfide) groups is 1. The van der Waals surface area contributed by atoms with Gasteiger partial charge < -0.3 is 14.8 Å². The number of ether oxygens (including phenoxy) is 2. The largest absolute Gasteiger partial charge is 0.496 e. The van der Waals surface area contributed by atoms with E-state index in [-0.39, 0.29) is 11.6 Å². The minimum Gasteiger partial charge on any atom is -0.496 e. The van der Waals surface area contributed by atoms with E-state index in [2.05, 4.69) is 5.32 Å². The quantitative estimate of drug-likeness (QED) is 0.475. The lowest BCUT2D eigenvalue weighted by molar-refractivity contribution is -0.117. The molecule has 0 aromatic heterocycles. The second kappa shape index (κ2) is 9.13. The third-order valence-electron chi connectivity index (χ3n) is 2.88. The lowest BCUT2D eigenvalue weighted by Crippen LogP contribution is -2.36. The van der Waals surface area contributed by atoms with Crippen molar-refractivity contribution in [3.05, 3.63) is 29.3 Å². The van der Waals surface area contributed by atoms with Gasteiger partial charge in [0.15, 0.2) is 0 Å². The molecule has 0 fully saturated rings. The average molecular weight is 320 g/mol. The Kier molecular flexibility index (Phi) is 7.50. The van der Waals surface area contributed by atoms with Crippen molar-refractivity contribution in [2.45, 2.75) is 17.9 Å². The molecule has 0 aliphatic carbocycles. The molecule has 1 atom stereocenters. The lowest BCUT2D eigenvalue weighted by atomic mass is 10.1. The van der Waals surface area contributed by atoms with E-state index in [1.165, 1.54) is 0 Å². The third kappa shape index (κ3) is 5.10. The fraction of sp³-hybridized carbons (Fsp3) is 0.375. The normalized spacial score (nSPS) is 12.4. The Morgan fingerprint density at radius 2 is 2.23 bits per heavy atom. The van der Waals surface area contributed by atoms with E-state index in [1.807, 2.05) is 37.4 Å². The summed E-state index contributed by atoms with van der Waals surface area (Å²) in [7, 11) is 3.17. The van der Waals surface area contributed by atoms with Crippen LogP contribution >= 0.6 is 11.8 Å². The smallest absolute Gasteiger partial charge is 0.262 e. The maximum atomic E-state index is 12.1. The summed E-state index contributed by atoms with van der Waals surface area (Å²) in [6.45, 7) is 2.21. The van der Waals surface area contributed by atoms with Gasteiger partial charge in [-0.15, -0.1) is 11.8 Å². The topological polar surface area (TPSA) is 71.3 Å². The van der Waals surface area contributed by atoms with Gasteiger partial charge in [-0.2, -0.15) is 5.26 Å². The molecule has 0 aliphatic rings. The third-order valence-corrected chi connectivity index (χ3v) is 3.64. The Bertz CT molecular complexity index is 594. The van der Waals surface area contributed by atoms with Crippen LogP contribution in [0.3, 0.4) is 0 Å². The molecule has 1 aromatic carbocycles. The number of rotatable bonds is 7. The maximum Gasteiger partial charge on any atom is 0.262 e. The summed E-state index contributed by atoms with van der Waals surface area (Å²) in [6.07, 6.45) is 3.50. The molecule has 0 saturated carbocycles. The number of carbonyl (C=O) groups is 1. The Labute approximate surface area is 135 Å². The van der Waals surface area contributed by atoms with Gasteiger partial charge in [0.2, 0.25) is 0 Å². The summed E-state index contributed by atoms with van der Waals surface area (Å²) in [5.74, 6) is 0.356. The molecule has 1 aromatic rings. The lowest BCUT2D eigenvalue weighted by Gasteiger charge is -2.12. The van der Waals surface area contributed by atoms with Crippen molar-refractivity contribution >= 4 is 23.7 Å². The van der Waals surface area contributed by atoms with E-state index in [0.717, 1.165) is 16.2 Å². The van der Waals surface area contributed by atoms with E-state index in [1.54, 1.807) is 32.1 Å². The minimum atomic E-state index is -0.409. The molecule has 1 rings (SSSR count). The molecule has 0 bridgehead atoms. The van der Waals surface area contributed by atoms with Gasteiger partial charge in [0, 0.05) is 18.0 Å². The Balaban J connectivity index is 2.97. The van der Waals surface area contributed by atoms with Crippen LogP contribution in [0, 0.1) is 11.3 Å². The molecule has 6 heteroatoms. The van der Waals surface area contributed by atoms with Gasteiger partial charge in [-0.05, 0) is 37.0 Å². The van der Waals surface area contributed by atoms with Crippen LogP contribution in [0.4, 0.5) is 0 Å². The number of hydrogen-bond donors (Lipinski definition) is 1. The van der Waals surface area contributed by atoms with Crippen LogP contribution in [-0.4, -0.2) is 39.0 Å². The Morgan fingerprint density at radius 1 is 1.50 bits per heavy atom. The molecular formula is C16H20N2O3S. The highest BCUT2D eigenvalue weighted by atomic mass is 32.2. The first-order chi connectivity index (χ1) is 10.5. The number of hydrogen-bond acceptors (Lipinski definition) is 5. The molecule has 0 spiro atoms. The predicted molar refractivity (Wildman–Crippen MR) is 87.8 cm³/mol. The van der Waals surface area contributed by atoms with Crippen molar-refractivity contribution in [3.8, 4) is 11.8 Å². The maximum absolute atomic E-state index is 12.1. The summed E-state index contributed by atoms with van der Waals surface area (Å²) in [4.78, 5) is 13.0. The van der Waals surface area contributed by atoms with Crippen molar-refractivity contribution in [1.82, 2.24) is 5.32 Å². The van der Waals surface area contributed by atoms with Crippen molar-refractivity contribution < 1.29 is 14.3 Å². The van der Waals surface area contributed by atoms with E-state index < -0.39 is 5.91 Å². The average Bonchev–Trinajstić information content (AvgIpc) is 2.52. The summed E-state index contributed by atoms with van der Waals surface area (Å²) in [5, 5.41) is 11.9. The van der Waals surface area contributed by atoms with Gasteiger partial charge >= 0.3 is 0 Å². The highest BCUT2D eigenvalue weighted by molar-refractivity contribution is 7.98. The zero-order valence-corrected chi connectivity index (χ0v) is 14.0. The number of nitriles is 1. The number of benzene rings is 1. The number of methoxy groups -OCH3 is 2. The van der Waals surface area contributed by atoms with Crippen molar-refractivity contribution in [2.75, 3.05) is 27.1 Å². The molecule has 0 saturated heterocycles. The molecule has 5 nitrogen and oxygen atoms in total. The standard InChI is InChI=1S/C16H20N2O3S/c1-11(10-20-2)18-16(19)13(9-17)7-12-5-6-14(21-3)15(8-12)22-4/h5-8,11H,10H2,1-4H3,(H,18,19). The zero-order valence-electron chi connectivity index (χ0n) is 13.2. The molecule has 22 heavy (non-hydrogen) atoms. The first kappa shape index (κ1) is 18.1. The molecule has 0 aliphatic heterocycles. The Hall–Kier alpha value is -1.97. The van der Waals surface area contributed by atoms with Crippen molar-refractivity contribution in [2.24, 2.45) is 0 Å². The van der Waals surface area contributed by atoms with Crippen LogP contribution in [0.25, 0.3) is 6.08 Å². The van der Waals surface area contributed by atoms with Gasteiger partial charge in [0.25, 0.3) is 5.91 Å². The highest BCUT2D eigenvalue weighted by Crippen LogP contribution is 2.29. The van der Waals surface area contributed by atoms with E-state index >= 15 is 0 Å². The minimum absolute atomic E-state index is 0.0557. The molecule has 0 heterocycles. The van der Waals surface area contributed by atoms with Gasteiger partial charge in [-0.25, -0.2) is 0 Å². The van der Waals surface area contributed by atoms with E-state index in [0.29, 0.717) is 6.61 Å². The van der Waals surface area contributed by atoms with Crippen LogP contribution in [0.1, 0.15) is 12.5 Å². The number of amides is 1. The van der Waals surface area contributed by atoms with Gasteiger partial charge in [-0.1, -0.05) is 6.07 Å². The SMILES string of the molecule is COCC(C)NC(=O)C(C#N)=Cc1ccc(OC)c(SC)c1. The van der Waals surface area contributed by atoms with Crippen LogP contribution in [0.15, 0.2) is 28.7 Å². The Morgan fingerprint density at radius 3 is 2.77 bits per heavy atom. The van der Waals surface area contributed by atoms with Gasteiger partial charge in [-0.3, -0.25) is 4.79 Å². The fourth-order valence-electron chi connectivity index (χ4n) is 1.85. The van der Waals surface area contributed by atoms with Crippen LogP contribution in [0.5, 0.6) is 5.75 Å². The van der Waals surface area contributed by atoms with Crippen molar-refractivity contribution in [1.29, 1.82) is 5.26 Å². The molecule has 1 N–H and O–H groups in total. The second-order valence-electron chi connectivity index (χ2n) is 4.61. The van der Waals surface area contributed by atoms with Crippen LogP contribution < -0.4 is 10.1 Å². The number of nitrogens with zero attached hydrogens (tertiary/aromatic N) is 1. The summed E-state index contributed by atoms with van der Waals surface area (Å²) < 4.78 is 10.2. The van der Waals surface area contributed by atoms with Gasteiger partial charge in [0.1, 0.15) is 17.4 Å². The molecule has 1 unspecified atom stereocenters. The monoisotopic (exact) mass is 320 g/mol. The van der Waals surface area contributed by atoms with Crippen LogP contribution in [0.2, 0.25) is 0 Å². The number of carbonyl (C=O) groups excluding carboxylic acids is 1. The fourth-order valence-corrected chi connectivity index (χ4v) is 2.46. The first-order valence-electron chi connectivity index (χ1n) is 6.69. The zero-order chi connectivity index (χ0) is 16.5. The predicted octanol–water partition coefficient (Wildman–Crippen LogP) is 2.48. The summed E-state index contributed by atoms with van der Waals surface area (Å²) in [5.41, 5.74) is 0.830. The molecule has 1 amide bonds. The highest BCUT2D eigenvalue weighted by Gasteiger charge is 2.12. The molecule has 118 valence electrons. The second-order valence-corrected chi connectivity index (χ2v) is 5.46. The molecule has 0 radical (unpaired) electrons. The number of nitrogens with one attached hydrogen (secondary N) is 1. The van der Waals surface area contributed by atoms with Gasteiger partial charge in [0.05, 0.1) is 13.7 Å². The summed E-state index contributed by atoms with van der Waals surface area (Å²) in [6, 6.07) is 7.28. The first-order valence-corrected chi connectivity index (χ1v) is 7.91.